The van der Waals surface area contributed by atoms with Gasteiger partial charge >= 0.3 is 0 Å². The smallest absolute Gasteiger partial charge is 0.151 e. The standard InChI is InChI=1S/C25H28N2O/c1-5-8-12-20(6-2)19(4)26-23-15-11-14-21(17-23)24(7-3)27-25-16-10-9-13-22(25)18-28/h5-6,8,11-18,26H,1,4,7,9-10H2,2-3H3/b12-8-,20-6+,27-24+. The maximum absolute atomic E-state index is 11.3. The van der Waals surface area contributed by atoms with Crippen molar-refractivity contribution in [1.29, 1.82) is 0 Å². The van der Waals surface area contributed by atoms with E-state index in [1.54, 1.807) is 6.08 Å². The molecular weight excluding hydrogens is 344 g/mol. The fraction of sp³-hybridized carbons (Fsp3) is 0.200. The predicted molar refractivity (Wildman–Crippen MR) is 121 cm³/mol. The summed E-state index contributed by atoms with van der Waals surface area (Å²) in [5.74, 6) is 0. The lowest BCUT2D eigenvalue weighted by atomic mass is 10.0. The first-order chi connectivity index (χ1) is 13.6. The fourth-order valence-electron chi connectivity index (χ4n) is 2.96. The van der Waals surface area contributed by atoms with Gasteiger partial charge in [0, 0.05) is 22.7 Å². The molecule has 2 rings (SSSR count). The molecule has 0 bridgehead atoms. The summed E-state index contributed by atoms with van der Waals surface area (Å²) in [6, 6.07) is 8.10. The molecule has 0 saturated carbocycles. The van der Waals surface area contributed by atoms with E-state index in [-0.39, 0.29) is 0 Å². The number of anilines is 1. The summed E-state index contributed by atoms with van der Waals surface area (Å²) >= 11 is 0. The van der Waals surface area contributed by atoms with E-state index in [1.807, 2.05) is 55.5 Å². The number of carbonyl (C=O) groups is 1. The monoisotopic (exact) mass is 372 g/mol. The van der Waals surface area contributed by atoms with Crippen LogP contribution < -0.4 is 5.32 Å². The molecule has 28 heavy (non-hydrogen) atoms. The Balaban J connectivity index is 2.26. The Morgan fingerprint density at radius 2 is 2.07 bits per heavy atom. The summed E-state index contributed by atoms with van der Waals surface area (Å²) in [7, 11) is 0. The van der Waals surface area contributed by atoms with Crippen LogP contribution in [0.15, 0.2) is 101 Å². The van der Waals surface area contributed by atoms with Crippen LogP contribution in [-0.2, 0) is 4.79 Å². The van der Waals surface area contributed by atoms with E-state index in [0.717, 1.165) is 59.5 Å². The Bertz CT molecular complexity index is 895. The highest BCUT2D eigenvalue weighted by molar-refractivity contribution is 6.02. The largest absolute Gasteiger partial charge is 0.356 e. The number of carbonyl (C=O) groups excluding carboxylic acids is 1. The van der Waals surface area contributed by atoms with Crippen LogP contribution in [0.2, 0.25) is 0 Å². The lowest BCUT2D eigenvalue weighted by Gasteiger charge is -2.14. The van der Waals surface area contributed by atoms with Gasteiger partial charge in [0.05, 0.1) is 5.70 Å². The van der Waals surface area contributed by atoms with Crippen molar-refractivity contribution in [2.75, 3.05) is 5.32 Å². The molecule has 0 aromatic heterocycles. The summed E-state index contributed by atoms with van der Waals surface area (Å²) in [6.45, 7) is 11.9. The van der Waals surface area contributed by atoms with Gasteiger partial charge in [0.25, 0.3) is 0 Å². The molecule has 1 aromatic carbocycles. The third-order valence-electron chi connectivity index (χ3n) is 4.44. The molecule has 144 valence electrons. The van der Waals surface area contributed by atoms with Crippen molar-refractivity contribution in [1.82, 2.24) is 0 Å². The number of allylic oxidation sites excluding steroid dienone is 7. The van der Waals surface area contributed by atoms with E-state index in [2.05, 4.69) is 31.5 Å². The zero-order valence-corrected chi connectivity index (χ0v) is 16.7. The average Bonchev–Trinajstić information content (AvgIpc) is 2.73. The van der Waals surface area contributed by atoms with E-state index < -0.39 is 0 Å². The number of aldehydes is 1. The van der Waals surface area contributed by atoms with Gasteiger partial charge in [0.2, 0.25) is 0 Å². The van der Waals surface area contributed by atoms with Gasteiger partial charge in [-0.2, -0.15) is 0 Å². The summed E-state index contributed by atoms with van der Waals surface area (Å²) in [5.41, 5.74) is 6.18. The lowest BCUT2D eigenvalue weighted by Crippen LogP contribution is -2.05. The van der Waals surface area contributed by atoms with Crippen LogP contribution in [-0.4, -0.2) is 12.0 Å². The van der Waals surface area contributed by atoms with Gasteiger partial charge in [-0.05, 0) is 49.5 Å². The Morgan fingerprint density at radius 1 is 1.29 bits per heavy atom. The quantitative estimate of drug-likeness (QED) is 0.314. The first kappa shape index (κ1) is 21.1. The van der Waals surface area contributed by atoms with E-state index in [0.29, 0.717) is 5.57 Å². The minimum Gasteiger partial charge on any atom is -0.356 e. The lowest BCUT2D eigenvalue weighted by molar-refractivity contribution is -0.104. The van der Waals surface area contributed by atoms with Gasteiger partial charge in [-0.1, -0.05) is 68.7 Å². The molecule has 0 spiro atoms. The Kier molecular flexibility index (Phi) is 8.16. The van der Waals surface area contributed by atoms with Crippen LogP contribution >= 0.6 is 0 Å². The molecular formula is C25H28N2O. The zero-order valence-electron chi connectivity index (χ0n) is 16.7. The fourth-order valence-corrected chi connectivity index (χ4v) is 2.96. The van der Waals surface area contributed by atoms with Crippen molar-refractivity contribution >= 4 is 17.7 Å². The van der Waals surface area contributed by atoms with Crippen molar-refractivity contribution in [2.45, 2.75) is 33.1 Å². The number of aliphatic imine (C=N–C) groups is 1. The van der Waals surface area contributed by atoms with E-state index in [9.17, 15) is 4.79 Å². The van der Waals surface area contributed by atoms with Crippen molar-refractivity contribution < 1.29 is 4.79 Å². The molecule has 1 aromatic rings. The molecule has 0 amide bonds. The van der Waals surface area contributed by atoms with Crippen LogP contribution in [0.1, 0.15) is 38.7 Å². The first-order valence-electron chi connectivity index (χ1n) is 9.58. The van der Waals surface area contributed by atoms with Crippen LogP contribution in [0.4, 0.5) is 5.69 Å². The molecule has 0 unspecified atom stereocenters. The number of nitrogens with one attached hydrogen (secondary N) is 1. The maximum atomic E-state index is 11.3. The van der Waals surface area contributed by atoms with Crippen molar-refractivity contribution in [3.05, 3.63) is 102 Å². The third-order valence-corrected chi connectivity index (χ3v) is 4.44. The SMILES string of the molecule is C=C/C=C\C(=C/C)C(=C)Nc1cccc(/C(CC)=N/C2=CCCC=C2C=O)c1. The normalized spacial score (nSPS) is 15.1. The second-order valence-electron chi connectivity index (χ2n) is 6.38. The molecule has 0 aliphatic heterocycles. The van der Waals surface area contributed by atoms with Gasteiger partial charge < -0.3 is 5.32 Å². The number of hydrogen-bond acceptors (Lipinski definition) is 3. The molecule has 0 fully saturated rings. The van der Waals surface area contributed by atoms with Crippen LogP contribution in [0.25, 0.3) is 0 Å². The zero-order chi connectivity index (χ0) is 20.4. The summed E-state index contributed by atoms with van der Waals surface area (Å²) in [5, 5.41) is 3.36. The molecule has 3 heteroatoms. The van der Waals surface area contributed by atoms with Gasteiger partial charge in [-0.25, -0.2) is 0 Å². The molecule has 0 heterocycles. The molecule has 3 nitrogen and oxygen atoms in total. The highest BCUT2D eigenvalue weighted by Crippen LogP contribution is 2.22. The second kappa shape index (κ2) is 10.8. The number of rotatable bonds is 9. The molecule has 0 radical (unpaired) electrons. The number of hydrogen-bond donors (Lipinski definition) is 1. The van der Waals surface area contributed by atoms with Crippen molar-refractivity contribution in [2.24, 2.45) is 4.99 Å². The minimum atomic E-state index is 0.673. The van der Waals surface area contributed by atoms with Gasteiger partial charge in [-0.15, -0.1) is 0 Å². The Morgan fingerprint density at radius 3 is 2.75 bits per heavy atom. The molecule has 0 saturated heterocycles. The molecule has 1 aliphatic rings. The molecule has 0 atom stereocenters. The van der Waals surface area contributed by atoms with Crippen LogP contribution in [0, 0.1) is 0 Å². The Hall–Kier alpha value is -3.20. The average molecular weight is 373 g/mol. The van der Waals surface area contributed by atoms with Crippen molar-refractivity contribution in [3.63, 3.8) is 0 Å². The first-order valence-corrected chi connectivity index (χ1v) is 9.58. The van der Waals surface area contributed by atoms with Crippen molar-refractivity contribution in [3.8, 4) is 0 Å². The van der Waals surface area contributed by atoms with Gasteiger partial charge in [0.15, 0.2) is 6.29 Å². The van der Waals surface area contributed by atoms with E-state index in [4.69, 9.17) is 4.99 Å². The topological polar surface area (TPSA) is 41.5 Å². The summed E-state index contributed by atoms with van der Waals surface area (Å²) in [6.07, 6.45) is 15.1. The minimum absolute atomic E-state index is 0.673. The van der Waals surface area contributed by atoms with Crippen LogP contribution in [0.5, 0.6) is 0 Å². The van der Waals surface area contributed by atoms with E-state index >= 15 is 0 Å². The highest BCUT2D eigenvalue weighted by atomic mass is 16.1. The summed E-state index contributed by atoms with van der Waals surface area (Å²) in [4.78, 5) is 16.1. The highest BCUT2D eigenvalue weighted by Gasteiger charge is 2.10. The second-order valence-corrected chi connectivity index (χ2v) is 6.38. The van der Waals surface area contributed by atoms with E-state index in [1.165, 1.54) is 0 Å². The van der Waals surface area contributed by atoms with Gasteiger partial charge in [0.1, 0.15) is 0 Å². The van der Waals surface area contributed by atoms with Gasteiger partial charge in [-0.3, -0.25) is 9.79 Å². The summed E-state index contributed by atoms with van der Waals surface area (Å²) < 4.78 is 0. The third kappa shape index (κ3) is 5.65. The Labute approximate surface area is 168 Å². The predicted octanol–water partition coefficient (Wildman–Crippen LogP) is 6.30. The number of benzene rings is 1. The van der Waals surface area contributed by atoms with Crippen LogP contribution in [0.3, 0.4) is 0 Å². The molecule has 1 aliphatic carbocycles. The number of nitrogens with zero attached hydrogens (tertiary/aromatic N) is 1. The maximum Gasteiger partial charge on any atom is 0.151 e. The molecule has 1 N–H and O–H groups in total.